The Morgan fingerprint density at radius 2 is 1.86 bits per heavy atom. The molecule has 1 fully saturated rings. The van der Waals surface area contributed by atoms with Gasteiger partial charge in [0.15, 0.2) is 0 Å². The summed E-state index contributed by atoms with van der Waals surface area (Å²) in [6.45, 7) is 3.11. The number of ether oxygens (including phenoxy) is 2. The van der Waals surface area contributed by atoms with Crippen LogP contribution in [0.25, 0.3) is 0 Å². The van der Waals surface area contributed by atoms with Crippen molar-refractivity contribution in [3.05, 3.63) is 83.3 Å². The predicted octanol–water partition coefficient (Wildman–Crippen LogP) is 2.53. The third-order valence-corrected chi connectivity index (χ3v) is 7.25. The van der Waals surface area contributed by atoms with Gasteiger partial charge in [-0.05, 0) is 55.7 Å². The lowest BCUT2D eigenvalue weighted by Gasteiger charge is -2.26. The van der Waals surface area contributed by atoms with Crippen LogP contribution >= 0.6 is 0 Å². The molecule has 226 valence electrons. The molecule has 2 aromatic heterocycles. The molecule has 43 heavy (non-hydrogen) atoms. The number of carbonyl (C=O) groups excluding carboxylic acids is 3. The molecule has 12 heteroatoms. The van der Waals surface area contributed by atoms with Crippen LogP contribution in [0.15, 0.2) is 60.8 Å². The van der Waals surface area contributed by atoms with Crippen LogP contribution in [-0.4, -0.2) is 95.0 Å². The quantitative estimate of drug-likeness (QED) is 0.439. The summed E-state index contributed by atoms with van der Waals surface area (Å²) >= 11 is 0. The third-order valence-electron chi connectivity index (χ3n) is 7.25. The van der Waals surface area contributed by atoms with Gasteiger partial charge >= 0.3 is 0 Å². The summed E-state index contributed by atoms with van der Waals surface area (Å²) in [5.41, 5.74) is 2.49. The Balaban J connectivity index is 0.00000135. The molecule has 2 bridgehead atoms. The first-order valence-electron chi connectivity index (χ1n) is 13.9. The van der Waals surface area contributed by atoms with E-state index in [2.05, 4.69) is 15.3 Å². The number of nitrogens with zero attached hydrogens (tertiary/aromatic N) is 4. The molecule has 2 aliphatic heterocycles. The Morgan fingerprint density at radius 3 is 2.58 bits per heavy atom. The standard InChI is InChI=1S/C30H33N5O5.CH2O2/c1-20-7-5-10-25(32-20)30(38)35-17-24-21-8-6-9-23(15-21)40-14-4-3-13-34(19-27(36)33-26(24)18-35)29(37)22-11-12-28(39-2)31-16-22;2-1-3/h5-12,15-16,24,26H,3-4,13-14,17-19H2,1-2H3,(H,33,36);1H,(H,2,3)/t24-,26+;/m1./s1. The van der Waals surface area contributed by atoms with E-state index in [0.717, 1.165) is 17.0 Å². The van der Waals surface area contributed by atoms with Gasteiger partial charge in [-0.3, -0.25) is 19.2 Å². The molecular weight excluding hydrogens is 554 g/mol. The Morgan fingerprint density at radius 1 is 1.07 bits per heavy atom. The molecule has 5 rings (SSSR count). The minimum Gasteiger partial charge on any atom is -0.494 e. The lowest BCUT2D eigenvalue weighted by molar-refractivity contribution is -0.123. The van der Waals surface area contributed by atoms with Gasteiger partial charge in [0.1, 0.15) is 11.4 Å². The summed E-state index contributed by atoms with van der Waals surface area (Å²) in [6, 6.07) is 16.1. The fourth-order valence-corrected chi connectivity index (χ4v) is 5.20. The highest BCUT2D eigenvalue weighted by atomic mass is 16.5. The second-order valence-electron chi connectivity index (χ2n) is 10.2. The number of benzene rings is 1. The van der Waals surface area contributed by atoms with Crippen molar-refractivity contribution in [1.82, 2.24) is 25.1 Å². The van der Waals surface area contributed by atoms with Crippen LogP contribution in [0.4, 0.5) is 0 Å². The SMILES string of the molecule is COc1ccc(C(=O)N2CCCCOc3cccc(c3)[C@H]3CN(C(=O)c4cccc(C)n4)C[C@@H]3NC(=O)C2)cn1.O=CO. The van der Waals surface area contributed by atoms with E-state index in [1.165, 1.54) is 18.2 Å². The van der Waals surface area contributed by atoms with Crippen molar-refractivity contribution in [3.8, 4) is 11.6 Å². The van der Waals surface area contributed by atoms with E-state index in [1.54, 1.807) is 23.1 Å². The Kier molecular flexibility index (Phi) is 10.6. The van der Waals surface area contributed by atoms with Crippen LogP contribution in [0, 0.1) is 6.92 Å². The zero-order valence-corrected chi connectivity index (χ0v) is 24.1. The zero-order chi connectivity index (χ0) is 30.8. The number of methoxy groups -OCH3 is 1. The molecule has 2 atom stereocenters. The molecular formula is C31H35N5O7. The average molecular weight is 590 g/mol. The van der Waals surface area contributed by atoms with Gasteiger partial charge in [0.2, 0.25) is 11.8 Å². The molecule has 12 nitrogen and oxygen atoms in total. The molecule has 2 N–H and O–H groups in total. The van der Waals surface area contributed by atoms with Crippen LogP contribution in [-0.2, 0) is 9.59 Å². The van der Waals surface area contributed by atoms with Gasteiger partial charge in [0.05, 0.1) is 31.9 Å². The number of aromatic nitrogens is 2. The minimum absolute atomic E-state index is 0.109. The number of carboxylic acid groups (broad SMARTS) is 1. The lowest BCUT2D eigenvalue weighted by Crippen LogP contribution is -2.47. The highest BCUT2D eigenvalue weighted by Crippen LogP contribution is 2.31. The number of pyridine rings is 2. The first-order chi connectivity index (χ1) is 20.8. The predicted molar refractivity (Wildman–Crippen MR) is 156 cm³/mol. The molecule has 1 aromatic carbocycles. The van der Waals surface area contributed by atoms with Crippen molar-refractivity contribution in [1.29, 1.82) is 0 Å². The fraction of sp³-hybridized carbons (Fsp3) is 0.355. The fourth-order valence-electron chi connectivity index (χ4n) is 5.20. The van der Waals surface area contributed by atoms with Crippen molar-refractivity contribution < 1.29 is 33.8 Å². The second kappa shape index (κ2) is 14.8. The Bertz CT molecular complexity index is 1430. The molecule has 0 spiro atoms. The normalized spacial score (nSPS) is 18.5. The van der Waals surface area contributed by atoms with E-state index in [1.807, 2.05) is 43.3 Å². The number of rotatable bonds is 3. The molecule has 4 heterocycles. The van der Waals surface area contributed by atoms with Gasteiger partial charge in [-0.25, -0.2) is 9.97 Å². The smallest absolute Gasteiger partial charge is 0.290 e. The first-order valence-corrected chi connectivity index (χ1v) is 13.9. The zero-order valence-electron chi connectivity index (χ0n) is 24.1. The van der Waals surface area contributed by atoms with Crippen LogP contribution in [0.2, 0.25) is 0 Å². The maximum absolute atomic E-state index is 13.4. The number of hydrogen-bond acceptors (Lipinski definition) is 8. The maximum Gasteiger partial charge on any atom is 0.290 e. The highest BCUT2D eigenvalue weighted by Gasteiger charge is 2.38. The highest BCUT2D eigenvalue weighted by molar-refractivity contribution is 5.96. The molecule has 0 radical (unpaired) electrons. The largest absolute Gasteiger partial charge is 0.494 e. The number of amides is 3. The van der Waals surface area contributed by atoms with Crippen molar-refractivity contribution in [2.75, 3.05) is 39.9 Å². The third kappa shape index (κ3) is 8.06. The minimum atomic E-state index is -0.348. The molecule has 3 aromatic rings. The van der Waals surface area contributed by atoms with E-state index in [4.69, 9.17) is 19.4 Å². The van der Waals surface area contributed by atoms with Crippen molar-refractivity contribution in [2.24, 2.45) is 0 Å². The Labute approximate surface area is 249 Å². The molecule has 0 aliphatic carbocycles. The topological polar surface area (TPSA) is 151 Å². The Hall–Kier alpha value is -5.00. The van der Waals surface area contributed by atoms with E-state index >= 15 is 0 Å². The second-order valence-corrected chi connectivity index (χ2v) is 10.2. The number of carbonyl (C=O) groups is 4. The monoisotopic (exact) mass is 589 g/mol. The van der Waals surface area contributed by atoms with Gasteiger partial charge in [0.25, 0.3) is 18.3 Å². The van der Waals surface area contributed by atoms with Gasteiger partial charge in [-0.1, -0.05) is 18.2 Å². The van der Waals surface area contributed by atoms with Crippen molar-refractivity contribution in [2.45, 2.75) is 31.7 Å². The molecule has 0 unspecified atom stereocenters. The van der Waals surface area contributed by atoms with Gasteiger partial charge in [0, 0.05) is 43.5 Å². The number of fused-ring (bicyclic) bond motifs is 4. The number of hydrogen-bond donors (Lipinski definition) is 2. The van der Waals surface area contributed by atoms with E-state index in [0.29, 0.717) is 56.2 Å². The number of aryl methyl sites for hydroxylation is 1. The number of likely N-dealkylation sites (tertiary alicyclic amines) is 1. The summed E-state index contributed by atoms with van der Waals surface area (Å²) in [5.74, 6) is 0.245. The van der Waals surface area contributed by atoms with Crippen molar-refractivity contribution in [3.63, 3.8) is 0 Å². The van der Waals surface area contributed by atoms with E-state index in [9.17, 15) is 14.4 Å². The first kappa shape index (κ1) is 30.9. The molecule has 1 saturated heterocycles. The number of nitrogens with one attached hydrogen (secondary N) is 1. The summed E-state index contributed by atoms with van der Waals surface area (Å²) < 4.78 is 11.1. The van der Waals surface area contributed by atoms with Crippen LogP contribution in [0.3, 0.4) is 0 Å². The lowest BCUT2D eigenvalue weighted by atomic mass is 9.94. The maximum atomic E-state index is 13.4. The van der Waals surface area contributed by atoms with Crippen LogP contribution in [0.5, 0.6) is 11.6 Å². The summed E-state index contributed by atoms with van der Waals surface area (Å²) in [4.78, 5) is 60.2. The average Bonchev–Trinajstić information content (AvgIpc) is 3.43. The van der Waals surface area contributed by atoms with Gasteiger partial charge in [-0.2, -0.15) is 0 Å². The molecule has 2 aliphatic rings. The van der Waals surface area contributed by atoms with Crippen molar-refractivity contribution >= 4 is 24.2 Å². The van der Waals surface area contributed by atoms with Crippen LogP contribution < -0.4 is 14.8 Å². The summed E-state index contributed by atoms with van der Waals surface area (Å²) in [5, 5.41) is 10.0. The molecule has 0 saturated carbocycles. The van der Waals surface area contributed by atoms with E-state index < -0.39 is 0 Å². The molecule has 3 amide bonds. The summed E-state index contributed by atoms with van der Waals surface area (Å²) in [6.07, 6.45) is 2.84. The van der Waals surface area contributed by atoms with Crippen LogP contribution in [0.1, 0.15) is 50.9 Å². The van der Waals surface area contributed by atoms with E-state index in [-0.39, 0.29) is 42.7 Å². The van der Waals surface area contributed by atoms with Gasteiger partial charge in [-0.15, -0.1) is 0 Å². The summed E-state index contributed by atoms with van der Waals surface area (Å²) in [7, 11) is 1.51. The van der Waals surface area contributed by atoms with Gasteiger partial charge < -0.3 is 29.7 Å².